The highest BCUT2D eigenvalue weighted by atomic mass is 14.6. The molecule has 1 saturated carbocycles. The fourth-order valence-electron chi connectivity index (χ4n) is 2.07. The molecule has 0 bridgehead atoms. The van der Waals surface area contributed by atoms with Crippen LogP contribution in [0.5, 0.6) is 0 Å². The van der Waals surface area contributed by atoms with Crippen molar-refractivity contribution in [1.82, 2.24) is 0 Å². The van der Waals surface area contributed by atoms with E-state index in [9.17, 15) is 0 Å². The Kier molecular flexibility index (Phi) is 3.92. The third kappa shape index (κ3) is 2.82. The fraction of sp³-hybridized carbons (Fsp3) is 1.00. The monoisotopic (exact) mass is 155 g/mol. The topological polar surface area (TPSA) is 26.0 Å². The van der Waals surface area contributed by atoms with Crippen molar-refractivity contribution in [2.45, 2.75) is 57.9 Å². The molecule has 66 valence electrons. The molecule has 1 nitrogen and oxygen atoms in total. The van der Waals surface area contributed by atoms with E-state index in [0.717, 1.165) is 12.3 Å². The summed E-state index contributed by atoms with van der Waals surface area (Å²) in [7, 11) is 0. The van der Waals surface area contributed by atoms with Crippen LogP contribution in [0.15, 0.2) is 0 Å². The maximum absolute atomic E-state index is 6.02. The molecule has 11 heavy (non-hydrogen) atoms. The predicted molar refractivity (Wildman–Crippen MR) is 49.5 cm³/mol. The van der Waals surface area contributed by atoms with Gasteiger partial charge in [0.2, 0.25) is 0 Å². The molecule has 0 aromatic carbocycles. The third-order valence-corrected chi connectivity index (χ3v) is 2.98. The first kappa shape index (κ1) is 9.05. The van der Waals surface area contributed by atoms with Gasteiger partial charge in [0.15, 0.2) is 0 Å². The molecule has 1 atom stereocenters. The lowest BCUT2D eigenvalue weighted by Gasteiger charge is -2.20. The Hall–Kier alpha value is -0.0400. The Bertz CT molecular complexity index is 93.0. The van der Waals surface area contributed by atoms with Crippen molar-refractivity contribution < 1.29 is 0 Å². The highest BCUT2D eigenvalue weighted by Gasteiger charge is 2.17. The van der Waals surface area contributed by atoms with Gasteiger partial charge in [0, 0.05) is 6.04 Å². The summed E-state index contributed by atoms with van der Waals surface area (Å²) in [5.41, 5.74) is 6.02. The van der Waals surface area contributed by atoms with Crippen LogP contribution in [-0.2, 0) is 0 Å². The van der Waals surface area contributed by atoms with Gasteiger partial charge in [-0.3, -0.25) is 0 Å². The van der Waals surface area contributed by atoms with Gasteiger partial charge in [0.1, 0.15) is 0 Å². The Labute approximate surface area is 70.4 Å². The molecule has 0 radical (unpaired) electrons. The van der Waals surface area contributed by atoms with Gasteiger partial charge < -0.3 is 5.73 Å². The van der Waals surface area contributed by atoms with Crippen LogP contribution in [0.4, 0.5) is 0 Å². The normalized spacial score (nSPS) is 24.5. The minimum Gasteiger partial charge on any atom is -0.327 e. The predicted octanol–water partition coefficient (Wildman–Crippen LogP) is 2.69. The number of hydrogen-bond acceptors (Lipinski definition) is 1. The van der Waals surface area contributed by atoms with Gasteiger partial charge in [0.25, 0.3) is 0 Å². The van der Waals surface area contributed by atoms with Crippen molar-refractivity contribution in [3.8, 4) is 0 Å². The lowest BCUT2D eigenvalue weighted by molar-refractivity contribution is 0.367. The maximum atomic E-state index is 6.02. The van der Waals surface area contributed by atoms with Crippen LogP contribution in [0.1, 0.15) is 51.9 Å². The summed E-state index contributed by atoms with van der Waals surface area (Å²) in [6.07, 6.45) is 9.63. The molecule has 1 heteroatoms. The van der Waals surface area contributed by atoms with E-state index in [0.29, 0.717) is 6.04 Å². The molecule has 0 aliphatic heterocycles. The van der Waals surface area contributed by atoms with Crippen LogP contribution in [0.2, 0.25) is 0 Å². The summed E-state index contributed by atoms with van der Waals surface area (Å²) in [5, 5.41) is 0. The van der Waals surface area contributed by atoms with E-state index >= 15 is 0 Å². The van der Waals surface area contributed by atoms with E-state index in [1.54, 1.807) is 0 Å². The van der Waals surface area contributed by atoms with E-state index in [1.165, 1.54) is 38.5 Å². The average molecular weight is 155 g/mol. The first-order chi connectivity index (χ1) is 5.34. The number of hydrogen-bond donors (Lipinski definition) is 1. The Balaban J connectivity index is 2.30. The van der Waals surface area contributed by atoms with Crippen molar-refractivity contribution in [3.05, 3.63) is 0 Å². The lowest BCUT2D eigenvalue weighted by atomic mass is 9.91. The molecule has 0 amide bonds. The van der Waals surface area contributed by atoms with Gasteiger partial charge in [-0.05, 0) is 25.2 Å². The average Bonchev–Trinajstić information content (AvgIpc) is 2.30. The molecule has 1 rings (SSSR count). The first-order valence-electron chi connectivity index (χ1n) is 5.10. The van der Waals surface area contributed by atoms with E-state index < -0.39 is 0 Å². The molecule has 1 aliphatic carbocycles. The van der Waals surface area contributed by atoms with Crippen LogP contribution in [-0.4, -0.2) is 6.04 Å². The quantitative estimate of drug-likeness (QED) is 0.610. The van der Waals surface area contributed by atoms with Crippen LogP contribution in [0.3, 0.4) is 0 Å². The van der Waals surface area contributed by atoms with Crippen molar-refractivity contribution in [2.24, 2.45) is 11.7 Å². The second-order valence-electron chi connectivity index (χ2n) is 3.82. The van der Waals surface area contributed by atoms with Crippen molar-refractivity contribution in [1.29, 1.82) is 0 Å². The van der Waals surface area contributed by atoms with Gasteiger partial charge in [-0.1, -0.05) is 32.6 Å². The summed E-state index contributed by atoms with van der Waals surface area (Å²) in [6, 6.07) is 0.480. The Morgan fingerprint density at radius 3 is 2.18 bits per heavy atom. The van der Waals surface area contributed by atoms with Crippen LogP contribution in [0, 0.1) is 5.92 Å². The fourth-order valence-corrected chi connectivity index (χ4v) is 2.07. The zero-order valence-corrected chi connectivity index (χ0v) is 7.68. The van der Waals surface area contributed by atoms with Crippen molar-refractivity contribution >= 4 is 0 Å². The van der Waals surface area contributed by atoms with Crippen LogP contribution >= 0.6 is 0 Å². The molecular weight excluding hydrogens is 134 g/mol. The van der Waals surface area contributed by atoms with Gasteiger partial charge >= 0.3 is 0 Å². The summed E-state index contributed by atoms with van der Waals surface area (Å²) in [6.45, 7) is 2.20. The minimum absolute atomic E-state index is 0.480. The highest BCUT2D eigenvalue weighted by molar-refractivity contribution is 4.73. The van der Waals surface area contributed by atoms with Gasteiger partial charge in [-0.2, -0.15) is 0 Å². The zero-order chi connectivity index (χ0) is 8.10. The lowest BCUT2D eigenvalue weighted by Crippen LogP contribution is -2.28. The summed E-state index contributed by atoms with van der Waals surface area (Å²) < 4.78 is 0. The zero-order valence-electron chi connectivity index (χ0n) is 7.68. The second-order valence-corrected chi connectivity index (χ2v) is 3.82. The molecule has 0 spiro atoms. The molecule has 0 aromatic heterocycles. The van der Waals surface area contributed by atoms with Crippen LogP contribution < -0.4 is 5.73 Å². The van der Waals surface area contributed by atoms with E-state index in [-0.39, 0.29) is 0 Å². The second kappa shape index (κ2) is 4.76. The summed E-state index contributed by atoms with van der Waals surface area (Å²) >= 11 is 0. The van der Waals surface area contributed by atoms with Gasteiger partial charge in [-0.25, -0.2) is 0 Å². The molecule has 0 heterocycles. The Morgan fingerprint density at radius 1 is 1.18 bits per heavy atom. The molecule has 1 unspecified atom stereocenters. The number of rotatable bonds is 2. The van der Waals surface area contributed by atoms with Crippen LogP contribution in [0.25, 0.3) is 0 Å². The minimum atomic E-state index is 0.480. The largest absolute Gasteiger partial charge is 0.327 e. The van der Waals surface area contributed by atoms with E-state index in [4.69, 9.17) is 5.73 Å². The molecular formula is C10H21N. The first-order valence-corrected chi connectivity index (χ1v) is 5.10. The SMILES string of the molecule is CCC(N)C1CCCCCC1. The van der Waals surface area contributed by atoms with Crippen molar-refractivity contribution in [3.63, 3.8) is 0 Å². The summed E-state index contributed by atoms with van der Waals surface area (Å²) in [4.78, 5) is 0. The highest BCUT2D eigenvalue weighted by Crippen LogP contribution is 2.25. The number of nitrogens with two attached hydrogens (primary N) is 1. The van der Waals surface area contributed by atoms with Gasteiger partial charge in [-0.15, -0.1) is 0 Å². The summed E-state index contributed by atoms with van der Waals surface area (Å²) in [5.74, 6) is 0.836. The molecule has 0 aromatic rings. The smallest absolute Gasteiger partial charge is 0.00645 e. The standard InChI is InChI=1S/C10H21N/c1-2-10(11)9-7-5-3-4-6-8-9/h9-10H,2-8,11H2,1H3. The maximum Gasteiger partial charge on any atom is 0.00645 e. The third-order valence-electron chi connectivity index (χ3n) is 2.98. The van der Waals surface area contributed by atoms with E-state index in [2.05, 4.69) is 6.92 Å². The van der Waals surface area contributed by atoms with Gasteiger partial charge in [0.05, 0.1) is 0 Å². The Morgan fingerprint density at radius 2 is 1.73 bits per heavy atom. The van der Waals surface area contributed by atoms with Crippen molar-refractivity contribution in [2.75, 3.05) is 0 Å². The molecule has 1 aliphatic rings. The molecule has 0 saturated heterocycles. The molecule has 2 N–H and O–H groups in total. The van der Waals surface area contributed by atoms with E-state index in [1.807, 2.05) is 0 Å². The molecule has 1 fully saturated rings.